The SMILES string of the molecule is CC1(Oc2ncc(Br)cn2)CNC1. The van der Waals surface area contributed by atoms with Crippen LogP contribution in [0.1, 0.15) is 6.92 Å². The maximum Gasteiger partial charge on any atom is 0.316 e. The fourth-order valence-electron chi connectivity index (χ4n) is 1.12. The highest BCUT2D eigenvalue weighted by Gasteiger charge is 2.34. The van der Waals surface area contributed by atoms with Gasteiger partial charge in [-0.2, -0.15) is 0 Å². The maximum atomic E-state index is 5.59. The van der Waals surface area contributed by atoms with Gasteiger partial charge in [-0.15, -0.1) is 0 Å². The van der Waals surface area contributed by atoms with E-state index in [2.05, 4.69) is 31.2 Å². The third-order valence-electron chi connectivity index (χ3n) is 1.93. The summed E-state index contributed by atoms with van der Waals surface area (Å²) in [7, 11) is 0. The Labute approximate surface area is 84.9 Å². The zero-order chi connectivity index (χ0) is 9.31. The van der Waals surface area contributed by atoms with Crippen LogP contribution in [-0.4, -0.2) is 28.7 Å². The van der Waals surface area contributed by atoms with Crippen LogP contribution in [0.25, 0.3) is 0 Å². The van der Waals surface area contributed by atoms with Crippen molar-refractivity contribution in [2.75, 3.05) is 13.1 Å². The number of rotatable bonds is 2. The van der Waals surface area contributed by atoms with E-state index in [9.17, 15) is 0 Å². The number of ether oxygens (including phenoxy) is 1. The second-order valence-electron chi connectivity index (χ2n) is 3.34. The summed E-state index contributed by atoms with van der Waals surface area (Å²) in [6, 6.07) is 0.437. The Balaban J connectivity index is 2.05. The van der Waals surface area contributed by atoms with Crippen LogP contribution in [0.3, 0.4) is 0 Å². The van der Waals surface area contributed by atoms with E-state index in [1.54, 1.807) is 12.4 Å². The zero-order valence-corrected chi connectivity index (χ0v) is 8.84. The number of hydrogen-bond acceptors (Lipinski definition) is 4. The van der Waals surface area contributed by atoms with E-state index in [1.165, 1.54) is 0 Å². The van der Waals surface area contributed by atoms with Gasteiger partial charge in [0.2, 0.25) is 0 Å². The molecule has 0 aromatic carbocycles. The van der Waals surface area contributed by atoms with Crippen LogP contribution in [0.5, 0.6) is 6.01 Å². The Bertz CT molecular complexity index is 297. The Morgan fingerprint density at radius 3 is 2.54 bits per heavy atom. The van der Waals surface area contributed by atoms with Crippen molar-refractivity contribution in [1.82, 2.24) is 15.3 Å². The molecule has 0 spiro atoms. The molecule has 0 bridgehead atoms. The minimum Gasteiger partial charge on any atom is -0.454 e. The van der Waals surface area contributed by atoms with Crippen LogP contribution in [0.4, 0.5) is 0 Å². The summed E-state index contributed by atoms with van der Waals surface area (Å²) in [4.78, 5) is 8.07. The van der Waals surface area contributed by atoms with E-state index in [1.807, 2.05) is 6.92 Å². The molecule has 2 rings (SSSR count). The van der Waals surface area contributed by atoms with Crippen molar-refractivity contribution in [2.45, 2.75) is 12.5 Å². The largest absolute Gasteiger partial charge is 0.454 e. The lowest BCUT2D eigenvalue weighted by molar-refractivity contribution is 0.0257. The topological polar surface area (TPSA) is 47.0 Å². The zero-order valence-electron chi connectivity index (χ0n) is 7.25. The van der Waals surface area contributed by atoms with Gasteiger partial charge in [0, 0.05) is 25.5 Å². The third kappa shape index (κ3) is 1.97. The molecule has 0 radical (unpaired) electrons. The summed E-state index contributed by atoms with van der Waals surface area (Å²) in [5.41, 5.74) is -0.131. The van der Waals surface area contributed by atoms with Crippen LogP contribution in [-0.2, 0) is 0 Å². The van der Waals surface area contributed by atoms with E-state index < -0.39 is 0 Å². The van der Waals surface area contributed by atoms with Crippen molar-refractivity contribution in [3.63, 3.8) is 0 Å². The molecule has 1 saturated heterocycles. The van der Waals surface area contributed by atoms with Gasteiger partial charge in [0.05, 0.1) is 4.47 Å². The first kappa shape index (κ1) is 8.90. The second kappa shape index (κ2) is 3.23. The summed E-state index contributed by atoms with van der Waals surface area (Å²) < 4.78 is 6.45. The van der Waals surface area contributed by atoms with Gasteiger partial charge in [-0.3, -0.25) is 0 Å². The molecule has 4 nitrogen and oxygen atoms in total. The highest BCUT2D eigenvalue weighted by molar-refractivity contribution is 9.10. The molecule has 0 atom stereocenters. The first-order valence-corrected chi connectivity index (χ1v) is 4.85. The van der Waals surface area contributed by atoms with Gasteiger partial charge in [0.25, 0.3) is 0 Å². The van der Waals surface area contributed by atoms with Crippen molar-refractivity contribution in [3.05, 3.63) is 16.9 Å². The Morgan fingerprint density at radius 1 is 1.46 bits per heavy atom. The van der Waals surface area contributed by atoms with Crippen LogP contribution < -0.4 is 10.1 Å². The van der Waals surface area contributed by atoms with Gasteiger partial charge >= 0.3 is 6.01 Å². The smallest absolute Gasteiger partial charge is 0.316 e. The quantitative estimate of drug-likeness (QED) is 0.842. The lowest BCUT2D eigenvalue weighted by atomic mass is 10.0. The van der Waals surface area contributed by atoms with Crippen molar-refractivity contribution < 1.29 is 4.74 Å². The van der Waals surface area contributed by atoms with E-state index in [4.69, 9.17) is 4.74 Å². The van der Waals surface area contributed by atoms with E-state index in [0.717, 1.165) is 17.6 Å². The monoisotopic (exact) mass is 243 g/mol. The molecular weight excluding hydrogens is 234 g/mol. The van der Waals surface area contributed by atoms with Gasteiger partial charge in [-0.1, -0.05) is 0 Å². The molecule has 0 amide bonds. The number of nitrogens with zero attached hydrogens (tertiary/aromatic N) is 2. The standard InChI is InChI=1S/C8H10BrN3O/c1-8(4-10-5-8)13-7-11-2-6(9)3-12-7/h2-3,10H,4-5H2,1H3. The summed E-state index contributed by atoms with van der Waals surface area (Å²) in [5.74, 6) is 0. The summed E-state index contributed by atoms with van der Waals surface area (Å²) in [5, 5.41) is 3.14. The van der Waals surface area contributed by atoms with Gasteiger partial charge in [0.15, 0.2) is 0 Å². The Morgan fingerprint density at radius 2 is 2.08 bits per heavy atom. The molecule has 1 N–H and O–H groups in total. The van der Waals surface area contributed by atoms with E-state index in [-0.39, 0.29) is 5.60 Å². The number of halogens is 1. The van der Waals surface area contributed by atoms with Crippen LogP contribution in [0, 0.1) is 0 Å². The molecule has 70 valence electrons. The van der Waals surface area contributed by atoms with Gasteiger partial charge in [-0.05, 0) is 22.9 Å². The Hall–Kier alpha value is -0.680. The van der Waals surface area contributed by atoms with Gasteiger partial charge in [0.1, 0.15) is 5.60 Å². The molecule has 1 fully saturated rings. The molecule has 1 aliphatic rings. The summed E-state index contributed by atoms with van der Waals surface area (Å²) in [6.45, 7) is 3.74. The lowest BCUT2D eigenvalue weighted by Crippen LogP contribution is -2.61. The molecule has 1 aromatic heterocycles. The van der Waals surface area contributed by atoms with Crippen molar-refractivity contribution >= 4 is 15.9 Å². The molecular formula is C8H10BrN3O. The van der Waals surface area contributed by atoms with Gasteiger partial charge < -0.3 is 10.1 Å². The van der Waals surface area contributed by atoms with Crippen molar-refractivity contribution in [2.24, 2.45) is 0 Å². The Kier molecular flexibility index (Phi) is 2.21. The fraction of sp³-hybridized carbons (Fsp3) is 0.500. The highest BCUT2D eigenvalue weighted by Crippen LogP contribution is 2.18. The van der Waals surface area contributed by atoms with Crippen LogP contribution in [0.2, 0.25) is 0 Å². The minimum atomic E-state index is -0.131. The maximum absolute atomic E-state index is 5.59. The number of nitrogens with one attached hydrogen (secondary N) is 1. The summed E-state index contributed by atoms with van der Waals surface area (Å²) in [6.07, 6.45) is 3.36. The molecule has 13 heavy (non-hydrogen) atoms. The average molecular weight is 244 g/mol. The van der Waals surface area contributed by atoms with Crippen molar-refractivity contribution in [1.29, 1.82) is 0 Å². The van der Waals surface area contributed by atoms with E-state index in [0.29, 0.717) is 6.01 Å². The molecule has 1 aliphatic heterocycles. The number of hydrogen-bond donors (Lipinski definition) is 1. The third-order valence-corrected chi connectivity index (χ3v) is 2.34. The lowest BCUT2D eigenvalue weighted by Gasteiger charge is -2.38. The van der Waals surface area contributed by atoms with Crippen molar-refractivity contribution in [3.8, 4) is 6.01 Å². The number of aromatic nitrogens is 2. The second-order valence-corrected chi connectivity index (χ2v) is 4.26. The van der Waals surface area contributed by atoms with Crippen LogP contribution >= 0.6 is 15.9 Å². The van der Waals surface area contributed by atoms with Gasteiger partial charge in [-0.25, -0.2) is 9.97 Å². The predicted molar refractivity (Wildman–Crippen MR) is 51.6 cm³/mol. The molecule has 0 unspecified atom stereocenters. The molecule has 5 heteroatoms. The normalized spacial score (nSPS) is 19.2. The minimum absolute atomic E-state index is 0.131. The molecule has 0 saturated carbocycles. The average Bonchev–Trinajstić information content (AvgIpc) is 2.06. The first-order chi connectivity index (χ1) is 6.18. The molecule has 0 aliphatic carbocycles. The molecule has 1 aromatic rings. The molecule has 2 heterocycles. The predicted octanol–water partition coefficient (Wildman–Crippen LogP) is 0.980. The first-order valence-electron chi connectivity index (χ1n) is 4.05. The van der Waals surface area contributed by atoms with Crippen LogP contribution in [0.15, 0.2) is 16.9 Å². The summed E-state index contributed by atoms with van der Waals surface area (Å²) >= 11 is 3.26. The van der Waals surface area contributed by atoms with E-state index >= 15 is 0 Å². The highest BCUT2D eigenvalue weighted by atomic mass is 79.9. The fourth-order valence-corrected chi connectivity index (χ4v) is 1.33.